The maximum Gasteiger partial charge on any atom is 0.404 e. The van der Waals surface area contributed by atoms with E-state index in [1.807, 2.05) is 4.90 Å². The molecule has 2 heterocycles. The lowest BCUT2D eigenvalue weighted by atomic mass is 9.92. The Bertz CT molecular complexity index is 722. The molecule has 1 atom stereocenters. The molecular formula is C18H27FN6O3. The molecule has 0 bridgehead atoms. The number of hydrazine groups is 1. The van der Waals surface area contributed by atoms with E-state index in [9.17, 15) is 14.0 Å². The van der Waals surface area contributed by atoms with Crippen LogP contribution in [-0.4, -0.2) is 46.7 Å². The Morgan fingerprint density at radius 2 is 1.96 bits per heavy atom. The van der Waals surface area contributed by atoms with Gasteiger partial charge in [-0.2, -0.15) is 4.39 Å². The van der Waals surface area contributed by atoms with Crippen LogP contribution in [0.1, 0.15) is 44.3 Å². The first-order chi connectivity index (χ1) is 13.4. The predicted octanol–water partition coefficient (Wildman–Crippen LogP) is 2.04. The number of nitrogens with one attached hydrogen (secondary N) is 3. The van der Waals surface area contributed by atoms with Crippen molar-refractivity contribution in [3.63, 3.8) is 0 Å². The van der Waals surface area contributed by atoms with Gasteiger partial charge in [-0.25, -0.2) is 14.8 Å². The zero-order valence-corrected chi connectivity index (χ0v) is 16.0. The number of amides is 2. The van der Waals surface area contributed by atoms with E-state index in [1.165, 1.54) is 0 Å². The smallest absolute Gasteiger partial charge is 0.404 e. The molecule has 0 unspecified atom stereocenters. The van der Waals surface area contributed by atoms with E-state index in [2.05, 4.69) is 26.1 Å². The SMILES string of the molecule is Cc1nc(NNC(=O)[C@@H](CNC(=O)O)CC2CCCC2)c(F)c(N2CCC2)n1. The maximum absolute atomic E-state index is 14.7. The first-order valence-corrected chi connectivity index (χ1v) is 9.75. The Morgan fingerprint density at radius 1 is 1.25 bits per heavy atom. The van der Waals surface area contributed by atoms with Crippen LogP contribution in [0, 0.1) is 24.6 Å². The standard InChI is InChI=1S/C18H27FN6O3/c1-11-21-15(14(19)16(22-11)25-7-4-8-25)23-24-17(26)13(10-20-18(27)28)9-12-5-2-3-6-12/h12-13,20H,2-10H2,1H3,(H,24,26)(H,27,28)(H,21,22,23)/t13-/m1/s1. The first kappa shape index (κ1) is 20.1. The molecule has 0 aromatic carbocycles. The summed E-state index contributed by atoms with van der Waals surface area (Å²) in [6.07, 6.45) is 4.77. The molecule has 4 N–H and O–H groups in total. The van der Waals surface area contributed by atoms with Crippen molar-refractivity contribution in [2.24, 2.45) is 11.8 Å². The number of rotatable bonds is 8. The molecule has 2 aliphatic rings. The number of carboxylic acid groups (broad SMARTS) is 1. The highest BCUT2D eigenvalue weighted by atomic mass is 19.1. The van der Waals surface area contributed by atoms with Crippen LogP contribution in [0.15, 0.2) is 0 Å². The summed E-state index contributed by atoms with van der Waals surface area (Å²) >= 11 is 0. The fourth-order valence-electron chi connectivity index (χ4n) is 3.73. The topological polar surface area (TPSA) is 119 Å². The van der Waals surface area contributed by atoms with Crippen LogP contribution in [0.2, 0.25) is 0 Å². The second-order valence-electron chi connectivity index (χ2n) is 7.48. The Hall–Kier alpha value is -2.65. The van der Waals surface area contributed by atoms with Crippen LogP contribution < -0.4 is 21.1 Å². The average Bonchev–Trinajstić information content (AvgIpc) is 3.11. The Kier molecular flexibility index (Phi) is 6.48. The predicted molar refractivity (Wildman–Crippen MR) is 101 cm³/mol. The van der Waals surface area contributed by atoms with E-state index >= 15 is 0 Å². The summed E-state index contributed by atoms with van der Waals surface area (Å²) in [6.45, 7) is 3.16. The number of hydrogen-bond acceptors (Lipinski definition) is 6. The van der Waals surface area contributed by atoms with E-state index in [4.69, 9.17) is 5.11 Å². The summed E-state index contributed by atoms with van der Waals surface area (Å²) < 4.78 is 14.7. The molecule has 154 valence electrons. The maximum atomic E-state index is 14.7. The minimum Gasteiger partial charge on any atom is -0.465 e. The third-order valence-corrected chi connectivity index (χ3v) is 5.37. The summed E-state index contributed by atoms with van der Waals surface area (Å²) in [6, 6.07) is 0. The van der Waals surface area contributed by atoms with Gasteiger partial charge in [0.15, 0.2) is 11.6 Å². The van der Waals surface area contributed by atoms with E-state index in [0.717, 1.165) is 45.2 Å². The third kappa shape index (κ3) is 4.99. The molecule has 1 aliphatic carbocycles. The summed E-state index contributed by atoms with van der Waals surface area (Å²) in [4.78, 5) is 33.4. The monoisotopic (exact) mass is 394 g/mol. The number of halogens is 1. The Balaban J connectivity index is 1.64. The molecule has 2 amide bonds. The average molecular weight is 394 g/mol. The molecule has 1 saturated carbocycles. The zero-order chi connectivity index (χ0) is 20.1. The highest BCUT2D eigenvalue weighted by Crippen LogP contribution is 2.30. The summed E-state index contributed by atoms with van der Waals surface area (Å²) in [7, 11) is 0. The molecule has 1 aliphatic heterocycles. The second kappa shape index (κ2) is 9.03. The van der Waals surface area contributed by atoms with Gasteiger partial charge in [-0.3, -0.25) is 15.6 Å². The van der Waals surface area contributed by atoms with Crippen LogP contribution in [0.5, 0.6) is 0 Å². The van der Waals surface area contributed by atoms with Crippen LogP contribution in [0.3, 0.4) is 0 Å². The number of carbonyl (C=O) groups is 2. The fourth-order valence-corrected chi connectivity index (χ4v) is 3.73. The molecule has 0 spiro atoms. The van der Waals surface area contributed by atoms with Crippen molar-refractivity contribution in [1.82, 2.24) is 20.7 Å². The number of hydrogen-bond donors (Lipinski definition) is 4. The van der Waals surface area contributed by atoms with Gasteiger partial charge in [0.05, 0.1) is 5.92 Å². The third-order valence-electron chi connectivity index (χ3n) is 5.37. The highest BCUT2D eigenvalue weighted by Gasteiger charge is 2.27. The van der Waals surface area contributed by atoms with Crippen LogP contribution in [0.4, 0.5) is 20.8 Å². The van der Waals surface area contributed by atoms with Gasteiger partial charge in [0.2, 0.25) is 11.7 Å². The molecule has 1 saturated heterocycles. The van der Waals surface area contributed by atoms with Gasteiger partial charge in [0, 0.05) is 19.6 Å². The van der Waals surface area contributed by atoms with Crippen LogP contribution in [-0.2, 0) is 4.79 Å². The Morgan fingerprint density at radius 3 is 2.57 bits per heavy atom. The molecule has 3 rings (SSSR count). The molecule has 1 aromatic rings. The van der Waals surface area contributed by atoms with Crippen molar-refractivity contribution in [3.8, 4) is 0 Å². The van der Waals surface area contributed by atoms with Crippen molar-refractivity contribution in [2.45, 2.75) is 45.4 Å². The van der Waals surface area contributed by atoms with Gasteiger partial charge in [-0.1, -0.05) is 25.7 Å². The lowest BCUT2D eigenvalue weighted by Gasteiger charge is -2.32. The lowest BCUT2D eigenvalue weighted by molar-refractivity contribution is -0.124. The minimum absolute atomic E-state index is 0.0175. The minimum atomic E-state index is -1.17. The van der Waals surface area contributed by atoms with Gasteiger partial charge in [0.1, 0.15) is 5.82 Å². The molecule has 2 fully saturated rings. The first-order valence-electron chi connectivity index (χ1n) is 9.75. The van der Waals surface area contributed by atoms with E-state index in [1.54, 1.807) is 6.92 Å². The highest BCUT2D eigenvalue weighted by molar-refractivity contribution is 5.80. The van der Waals surface area contributed by atoms with Gasteiger partial charge in [-0.05, 0) is 25.7 Å². The molecule has 28 heavy (non-hydrogen) atoms. The molecule has 1 aromatic heterocycles. The van der Waals surface area contributed by atoms with Crippen LogP contribution >= 0.6 is 0 Å². The Labute approximate surface area is 163 Å². The molecular weight excluding hydrogens is 367 g/mol. The number of aromatic nitrogens is 2. The summed E-state index contributed by atoms with van der Waals surface area (Å²) in [5, 5.41) is 11.1. The van der Waals surface area contributed by atoms with Crippen molar-refractivity contribution < 1.29 is 19.1 Å². The molecule has 9 nitrogen and oxygen atoms in total. The van der Waals surface area contributed by atoms with Gasteiger partial charge in [-0.15, -0.1) is 0 Å². The van der Waals surface area contributed by atoms with Crippen molar-refractivity contribution in [3.05, 3.63) is 11.6 Å². The largest absolute Gasteiger partial charge is 0.465 e. The summed E-state index contributed by atoms with van der Waals surface area (Å²) in [5.41, 5.74) is 5.06. The van der Waals surface area contributed by atoms with Gasteiger partial charge >= 0.3 is 6.09 Å². The van der Waals surface area contributed by atoms with E-state index in [0.29, 0.717) is 18.2 Å². The van der Waals surface area contributed by atoms with Crippen LogP contribution in [0.25, 0.3) is 0 Å². The van der Waals surface area contributed by atoms with Crippen molar-refractivity contribution >= 4 is 23.6 Å². The molecule has 10 heteroatoms. The number of anilines is 2. The second-order valence-corrected chi connectivity index (χ2v) is 7.48. The normalized spacial score (nSPS) is 17.7. The van der Waals surface area contributed by atoms with Gasteiger partial charge in [0.25, 0.3) is 0 Å². The van der Waals surface area contributed by atoms with E-state index in [-0.39, 0.29) is 24.1 Å². The zero-order valence-electron chi connectivity index (χ0n) is 16.0. The number of carbonyl (C=O) groups excluding carboxylic acids is 1. The van der Waals surface area contributed by atoms with E-state index < -0.39 is 17.8 Å². The van der Waals surface area contributed by atoms with Gasteiger partial charge < -0.3 is 15.3 Å². The number of nitrogens with zero attached hydrogens (tertiary/aromatic N) is 3. The number of aryl methyl sites for hydroxylation is 1. The summed E-state index contributed by atoms with van der Waals surface area (Å²) in [5.74, 6) is -0.590. The van der Waals surface area contributed by atoms with Crippen molar-refractivity contribution in [1.29, 1.82) is 0 Å². The van der Waals surface area contributed by atoms with Crippen molar-refractivity contribution in [2.75, 3.05) is 30.0 Å². The molecule has 0 radical (unpaired) electrons. The fraction of sp³-hybridized carbons (Fsp3) is 0.667. The quantitative estimate of drug-likeness (QED) is 0.498. The lowest BCUT2D eigenvalue weighted by Crippen LogP contribution is -2.42.